The van der Waals surface area contributed by atoms with Crippen LogP contribution in [0, 0.1) is 5.92 Å². The highest BCUT2D eigenvalue weighted by Gasteiger charge is 2.14. The van der Waals surface area contributed by atoms with Crippen molar-refractivity contribution in [2.45, 2.75) is 32.1 Å². The molecule has 0 aromatic carbocycles. The number of hydrogen-bond acceptors (Lipinski definition) is 6. The Hall–Kier alpha value is -1.56. The van der Waals surface area contributed by atoms with Crippen molar-refractivity contribution in [1.82, 2.24) is 9.97 Å². The van der Waals surface area contributed by atoms with Crippen LogP contribution >= 0.6 is 0 Å². The van der Waals surface area contributed by atoms with Crippen molar-refractivity contribution in [3.05, 3.63) is 6.07 Å². The number of hydrogen-bond donors (Lipinski definition) is 3. The van der Waals surface area contributed by atoms with Gasteiger partial charge in [0.15, 0.2) is 0 Å². The Morgan fingerprint density at radius 3 is 2.76 bits per heavy atom. The molecule has 0 spiro atoms. The van der Waals surface area contributed by atoms with Crippen molar-refractivity contribution in [2.24, 2.45) is 11.8 Å². The predicted octanol–water partition coefficient (Wildman–Crippen LogP) is 1.30. The van der Waals surface area contributed by atoms with E-state index in [2.05, 4.69) is 15.4 Å². The maximum absolute atomic E-state index is 5.64. The van der Waals surface area contributed by atoms with Crippen molar-refractivity contribution >= 4 is 11.8 Å². The first-order chi connectivity index (χ1) is 8.28. The second kappa shape index (κ2) is 5.67. The molecule has 1 saturated carbocycles. The van der Waals surface area contributed by atoms with Gasteiger partial charge < -0.3 is 15.9 Å². The molecule has 1 aliphatic carbocycles. The van der Waals surface area contributed by atoms with Crippen LogP contribution in [0.15, 0.2) is 6.07 Å². The summed E-state index contributed by atoms with van der Waals surface area (Å²) in [6.07, 6.45) is 6.43. The molecule has 17 heavy (non-hydrogen) atoms. The molecule has 0 radical (unpaired) electrons. The largest absolute Gasteiger partial charge is 0.477 e. The number of nitrogens with zero attached hydrogens (tertiary/aromatic N) is 2. The summed E-state index contributed by atoms with van der Waals surface area (Å²) >= 11 is 0. The third-order valence-corrected chi connectivity index (χ3v) is 3.06. The van der Waals surface area contributed by atoms with Gasteiger partial charge in [0.1, 0.15) is 5.82 Å². The lowest BCUT2D eigenvalue weighted by molar-refractivity contribution is 0.203. The molecule has 1 heterocycles. The van der Waals surface area contributed by atoms with Crippen molar-refractivity contribution < 1.29 is 4.74 Å². The second-order valence-electron chi connectivity index (χ2n) is 4.41. The fourth-order valence-electron chi connectivity index (χ4n) is 2.15. The molecule has 0 unspecified atom stereocenters. The average molecular weight is 237 g/mol. The molecule has 2 rings (SSSR count). The number of hydrazine groups is 1. The van der Waals surface area contributed by atoms with Crippen LogP contribution in [0.4, 0.5) is 11.8 Å². The summed E-state index contributed by atoms with van der Waals surface area (Å²) in [5, 5.41) is 0. The fraction of sp³-hybridized carbons (Fsp3) is 0.636. The van der Waals surface area contributed by atoms with E-state index in [0.29, 0.717) is 24.2 Å². The molecule has 0 saturated heterocycles. The first-order valence-electron chi connectivity index (χ1n) is 6.02. The molecule has 6 heteroatoms. The van der Waals surface area contributed by atoms with E-state index in [0.717, 1.165) is 0 Å². The predicted molar refractivity (Wildman–Crippen MR) is 66.3 cm³/mol. The number of nitrogen functional groups attached to an aromatic ring is 2. The van der Waals surface area contributed by atoms with Crippen LogP contribution in [0.2, 0.25) is 0 Å². The molecular formula is C11H19N5O. The maximum atomic E-state index is 5.64. The number of ether oxygens (including phenoxy) is 1. The molecule has 0 aliphatic heterocycles. The number of nitrogens with one attached hydrogen (secondary N) is 1. The third kappa shape index (κ3) is 3.45. The zero-order chi connectivity index (χ0) is 12.1. The minimum atomic E-state index is 0.166. The van der Waals surface area contributed by atoms with Gasteiger partial charge in [0, 0.05) is 6.07 Å². The lowest BCUT2D eigenvalue weighted by Gasteiger charge is -2.21. The zero-order valence-corrected chi connectivity index (χ0v) is 9.85. The highest BCUT2D eigenvalue weighted by Crippen LogP contribution is 2.24. The Balaban J connectivity index is 1.91. The second-order valence-corrected chi connectivity index (χ2v) is 4.41. The van der Waals surface area contributed by atoms with Crippen LogP contribution in [0.3, 0.4) is 0 Å². The summed E-state index contributed by atoms with van der Waals surface area (Å²) in [6, 6.07) is 1.65. The summed E-state index contributed by atoms with van der Waals surface area (Å²) in [7, 11) is 0. The molecule has 0 amide bonds. The van der Waals surface area contributed by atoms with E-state index < -0.39 is 0 Å². The highest BCUT2D eigenvalue weighted by atomic mass is 16.5. The van der Waals surface area contributed by atoms with Gasteiger partial charge >= 0.3 is 0 Å². The molecule has 0 bridgehead atoms. The molecule has 1 aliphatic rings. The average Bonchev–Trinajstić information content (AvgIpc) is 2.37. The Labute approximate surface area is 101 Å². The molecule has 1 fully saturated rings. The number of anilines is 2. The van der Waals surface area contributed by atoms with Crippen molar-refractivity contribution in [1.29, 1.82) is 0 Å². The van der Waals surface area contributed by atoms with Crippen LogP contribution in [0.5, 0.6) is 5.88 Å². The summed E-state index contributed by atoms with van der Waals surface area (Å²) in [5.74, 6) is 7.03. The SMILES string of the molecule is NNc1cc(OCC2CCCCC2)nc(N)n1. The molecule has 6 nitrogen and oxygen atoms in total. The smallest absolute Gasteiger partial charge is 0.225 e. The quantitative estimate of drug-likeness (QED) is 0.539. The topological polar surface area (TPSA) is 99.1 Å². The first-order valence-corrected chi connectivity index (χ1v) is 6.02. The first kappa shape index (κ1) is 11.9. The minimum absolute atomic E-state index is 0.166. The summed E-state index contributed by atoms with van der Waals surface area (Å²) < 4.78 is 5.64. The molecule has 5 N–H and O–H groups in total. The Morgan fingerprint density at radius 2 is 2.06 bits per heavy atom. The van der Waals surface area contributed by atoms with E-state index in [1.54, 1.807) is 6.07 Å². The van der Waals surface area contributed by atoms with Gasteiger partial charge in [-0.3, -0.25) is 0 Å². The van der Waals surface area contributed by atoms with Gasteiger partial charge in [-0.2, -0.15) is 9.97 Å². The molecule has 1 aromatic heterocycles. The van der Waals surface area contributed by atoms with E-state index in [-0.39, 0.29) is 5.95 Å². The zero-order valence-electron chi connectivity index (χ0n) is 9.85. The number of aromatic nitrogens is 2. The fourth-order valence-corrected chi connectivity index (χ4v) is 2.15. The molecular weight excluding hydrogens is 218 g/mol. The molecule has 0 atom stereocenters. The Kier molecular flexibility index (Phi) is 3.98. The monoisotopic (exact) mass is 237 g/mol. The molecule has 1 aromatic rings. The lowest BCUT2D eigenvalue weighted by atomic mass is 9.90. The maximum Gasteiger partial charge on any atom is 0.225 e. The van der Waals surface area contributed by atoms with Crippen LogP contribution in [0.1, 0.15) is 32.1 Å². The van der Waals surface area contributed by atoms with Gasteiger partial charge in [-0.1, -0.05) is 19.3 Å². The van der Waals surface area contributed by atoms with Gasteiger partial charge in [-0.15, -0.1) is 0 Å². The van der Waals surface area contributed by atoms with Gasteiger partial charge in [-0.05, 0) is 18.8 Å². The van der Waals surface area contributed by atoms with Gasteiger partial charge in [0.25, 0.3) is 0 Å². The van der Waals surface area contributed by atoms with Crippen LogP contribution in [-0.2, 0) is 0 Å². The number of rotatable bonds is 4. The van der Waals surface area contributed by atoms with Crippen molar-refractivity contribution in [3.8, 4) is 5.88 Å². The van der Waals surface area contributed by atoms with E-state index >= 15 is 0 Å². The summed E-state index contributed by atoms with van der Waals surface area (Å²) in [6.45, 7) is 0.695. The number of nitrogens with two attached hydrogens (primary N) is 2. The van der Waals surface area contributed by atoms with E-state index in [1.165, 1.54) is 32.1 Å². The van der Waals surface area contributed by atoms with E-state index in [1.807, 2.05) is 0 Å². The standard InChI is InChI=1S/C11H19N5O/c12-11-14-9(16-13)6-10(15-11)17-7-8-4-2-1-3-5-8/h6,8H,1-5,7,13H2,(H3,12,14,15,16). The van der Waals surface area contributed by atoms with Crippen molar-refractivity contribution in [2.75, 3.05) is 17.8 Å². The van der Waals surface area contributed by atoms with E-state index in [4.69, 9.17) is 16.3 Å². The summed E-state index contributed by atoms with van der Waals surface area (Å²) in [5.41, 5.74) is 7.98. The van der Waals surface area contributed by atoms with E-state index in [9.17, 15) is 0 Å². The van der Waals surface area contributed by atoms with Gasteiger partial charge in [0.05, 0.1) is 6.61 Å². The van der Waals surface area contributed by atoms with Crippen LogP contribution in [0.25, 0.3) is 0 Å². The van der Waals surface area contributed by atoms with Crippen LogP contribution in [-0.4, -0.2) is 16.6 Å². The van der Waals surface area contributed by atoms with Crippen LogP contribution < -0.4 is 21.7 Å². The highest BCUT2D eigenvalue weighted by molar-refractivity contribution is 5.41. The van der Waals surface area contributed by atoms with Gasteiger partial charge in [0.2, 0.25) is 11.8 Å². The van der Waals surface area contributed by atoms with Gasteiger partial charge in [-0.25, -0.2) is 5.84 Å². The Bertz CT molecular complexity index is 365. The Morgan fingerprint density at radius 1 is 1.29 bits per heavy atom. The molecule has 94 valence electrons. The third-order valence-electron chi connectivity index (χ3n) is 3.06. The van der Waals surface area contributed by atoms with Crippen molar-refractivity contribution in [3.63, 3.8) is 0 Å². The summed E-state index contributed by atoms with van der Waals surface area (Å²) in [4.78, 5) is 7.91. The normalized spacial score (nSPS) is 16.8. The minimum Gasteiger partial charge on any atom is -0.477 e. The lowest BCUT2D eigenvalue weighted by Crippen LogP contribution is -2.16.